The van der Waals surface area contributed by atoms with Crippen LogP contribution in [-0.4, -0.2) is 88.2 Å². The molecule has 1 aliphatic rings. The molecule has 0 aliphatic carbocycles. The topological polar surface area (TPSA) is 103 Å². The largest absolute Gasteiger partial charge is 0.387 e. The first-order chi connectivity index (χ1) is 13.3. The minimum atomic E-state index is -3.35. The SMILES string of the molecule is CCNC(=NCC(C)(O)CN1CCOCC1)NCCS(=O)(=O)c1ccccc1. The summed E-state index contributed by atoms with van der Waals surface area (Å²) in [6.07, 6.45) is 0. The van der Waals surface area contributed by atoms with Crippen molar-refractivity contribution in [1.82, 2.24) is 15.5 Å². The zero-order valence-electron chi connectivity index (χ0n) is 16.7. The number of benzene rings is 1. The highest BCUT2D eigenvalue weighted by atomic mass is 32.2. The molecule has 0 spiro atoms. The Morgan fingerprint density at radius 1 is 1.25 bits per heavy atom. The summed E-state index contributed by atoms with van der Waals surface area (Å²) in [4.78, 5) is 6.91. The average molecular weight is 413 g/mol. The summed E-state index contributed by atoms with van der Waals surface area (Å²) in [5.74, 6) is 0.457. The van der Waals surface area contributed by atoms with E-state index in [9.17, 15) is 13.5 Å². The second-order valence-corrected chi connectivity index (χ2v) is 9.25. The standard InChI is InChI=1S/C19H32N4O4S/c1-3-20-18(21-9-14-28(25,26)17-7-5-4-6-8-17)22-15-19(2,24)16-23-10-12-27-13-11-23/h4-8,24H,3,9-16H2,1-2H3,(H2,20,21,22). The zero-order chi connectivity index (χ0) is 20.5. The quantitative estimate of drug-likeness (QED) is 0.390. The fourth-order valence-corrected chi connectivity index (χ4v) is 4.11. The number of sulfone groups is 1. The van der Waals surface area contributed by atoms with Gasteiger partial charge in [-0.15, -0.1) is 0 Å². The highest BCUT2D eigenvalue weighted by Gasteiger charge is 2.25. The summed E-state index contributed by atoms with van der Waals surface area (Å²) in [7, 11) is -3.35. The van der Waals surface area contributed by atoms with Crippen LogP contribution in [0.2, 0.25) is 0 Å². The Morgan fingerprint density at radius 3 is 2.57 bits per heavy atom. The Hall–Kier alpha value is -1.68. The number of β-amino-alcohol motifs (C(OH)–C–C–N with tert-alkyl or cyclic N) is 1. The first-order valence-corrected chi connectivity index (χ1v) is 11.3. The van der Waals surface area contributed by atoms with Gasteiger partial charge in [0.2, 0.25) is 0 Å². The van der Waals surface area contributed by atoms with Gasteiger partial charge in [0.25, 0.3) is 0 Å². The maximum absolute atomic E-state index is 12.4. The van der Waals surface area contributed by atoms with Crippen LogP contribution in [0, 0.1) is 0 Å². The zero-order valence-corrected chi connectivity index (χ0v) is 17.5. The number of nitrogens with one attached hydrogen (secondary N) is 2. The van der Waals surface area contributed by atoms with Gasteiger partial charge < -0.3 is 20.5 Å². The van der Waals surface area contributed by atoms with Crippen LogP contribution in [-0.2, 0) is 14.6 Å². The first-order valence-electron chi connectivity index (χ1n) is 9.65. The Morgan fingerprint density at radius 2 is 1.93 bits per heavy atom. The van der Waals surface area contributed by atoms with Gasteiger partial charge in [0, 0.05) is 32.7 Å². The van der Waals surface area contributed by atoms with Gasteiger partial charge in [-0.1, -0.05) is 18.2 Å². The van der Waals surface area contributed by atoms with Gasteiger partial charge >= 0.3 is 0 Å². The molecule has 1 fully saturated rings. The molecule has 0 aromatic heterocycles. The fraction of sp³-hybridized carbons (Fsp3) is 0.632. The van der Waals surface area contributed by atoms with E-state index in [1.807, 2.05) is 6.92 Å². The van der Waals surface area contributed by atoms with Crippen molar-refractivity contribution in [2.24, 2.45) is 4.99 Å². The molecule has 0 bridgehead atoms. The molecule has 28 heavy (non-hydrogen) atoms. The van der Waals surface area contributed by atoms with Gasteiger partial charge in [-0.3, -0.25) is 9.89 Å². The molecule has 0 radical (unpaired) electrons. The van der Waals surface area contributed by atoms with Crippen molar-refractivity contribution in [1.29, 1.82) is 0 Å². The summed E-state index contributed by atoms with van der Waals surface area (Å²) >= 11 is 0. The van der Waals surface area contributed by atoms with E-state index in [-0.39, 0.29) is 18.8 Å². The van der Waals surface area contributed by atoms with E-state index >= 15 is 0 Å². The van der Waals surface area contributed by atoms with Gasteiger partial charge in [0.1, 0.15) is 0 Å². The highest BCUT2D eigenvalue weighted by molar-refractivity contribution is 7.91. The highest BCUT2D eigenvalue weighted by Crippen LogP contribution is 2.10. The van der Waals surface area contributed by atoms with Crippen molar-refractivity contribution >= 4 is 15.8 Å². The van der Waals surface area contributed by atoms with E-state index in [4.69, 9.17) is 4.74 Å². The lowest BCUT2D eigenvalue weighted by Crippen LogP contribution is -2.48. The van der Waals surface area contributed by atoms with Crippen molar-refractivity contribution in [2.45, 2.75) is 24.3 Å². The van der Waals surface area contributed by atoms with E-state index < -0.39 is 15.4 Å². The van der Waals surface area contributed by atoms with Crippen LogP contribution >= 0.6 is 0 Å². The number of aliphatic hydroxyl groups is 1. The van der Waals surface area contributed by atoms with E-state index in [1.54, 1.807) is 37.3 Å². The summed E-state index contributed by atoms with van der Waals surface area (Å²) in [6, 6.07) is 8.40. The summed E-state index contributed by atoms with van der Waals surface area (Å²) in [5.41, 5.74) is -0.976. The smallest absolute Gasteiger partial charge is 0.191 e. The van der Waals surface area contributed by atoms with E-state index in [1.165, 1.54) is 0 Å². The molecule has 1 aromatic rings. The molecule has 1 heterocycles. The monoisotopic (exact) mass is 412 g/mol. The number of hydrogen-bond donors (Lipinski definition) is 3. The molecule has 1 aromatic carbocycles. The lowest BCUT2D eigenvalue weighted by molar-refractivity contribution is -0.0179. The second-order valence-electron chi connectivity index (χ2n) is 7.14. The molecule has 1 atom stereocenters. The number of aliphatic imine (C=N–C) groups is 1. The van der Waals surface area contributed by atoms with Gasteiger partial charge in [0.15, 0.2) is 15.8 Å². The Balaban J connectivity index is 1.87. The van der Waals surface area contributed by atoms with E-state index in [2.05, 4.69) is 20.5 Å². The third-order valence-corrected chi connectivity index (χ3v) is 6.09. The molecule has 0 saturated carbocycles. The molecule has 0 amide bonds. The van der Waals surface area contributed by atoms with Crippen LogP contribution in [0.5, 0.6) is 0 Å². The first kappa shape index (κ1) is 22.6. The van der Waals surface area contributed by atoms with E-state index in [0.29, 0.717) is 37.2 Å². The van der Waals surface area contributed by atoms with Gasteiger partial charge in [0.05, 0.1) is 36.0 Å². The molecule has 9 heteroatoms. The molecule has 1 saturated heterocycles. The predicted molar refractivity (Wildman–Crippen MR) is 110 cm³/mol. The lowest BCUT2D eigenvalue weighted by atomic mass is 10.1. The minimum Gasteiger partial charge on any atom is -0.387 e. The fourth-order valence-electron chi connectivity index (χ4n) is 2.93. The van der Waals surface area contributed by atoms with Crippen LogP contribution in [0.3, 0.4) is 0 Å². The second kappa shape index (κ2) is 10.8. The molecule has 1 unspecified atom stereocenters. The lowest BCUT2D eigenvalue weighted by Gasteiger charge is -2.33. The van der Waals surface area contributed by atoms with Crippen molar-refractivity contribution in [3.05, 3.63) is 30.3 Å². The van der Waals surface area contributed by atoms with Crippen LogP contribution in [0.4, 0.5) is 0 Å². The molecular formula is C19H32N4O4S. The molecule has 3 N–H and O–H groups in total. The maximum atomic E-state index is 12.4. The van der Waals surface area contributed by atoms with Gasteiger partial charge in [-0.05, 0) is 26.0 Å². The van der Waals surface area contributed by atoms with Crippen LogP contribution in [0.1, 0.15) is 13.8 Å². The molecular weight excluding hydrogens is 380 g/mol. The summed E-state index contributed by atoms with van der Waals surface area (Å²) in [6.45, 7) is 8.26. The Kier molecular flexibility index (Phi) is 8.68. The third kappa shape index (κ3) is 7.75. The third-order valence-electron chi connectivity index (χ3n) is 4.36. The number of guanidine groups is 1. The average Bonchev–Trinajstić information content (AvgIpc) is 2.67. The van der Waals surface area contributed by atoms with E-state index in [0.717, 1.165) is 13.1 Å². The van der Waals surface area contributed by atoms with Crippen molar-refractivity contribution < 1.29 is 18.3 Å². The van der Waals surface area contributed by atoms with Crippen molar-refractivity contribution in [3.8, 4) is 0 Å². The van der Waals surface area contributed by atoms with Crippen LogP contribution in [0.15, 0.2) is 40.2 Å². The summed E-state index contributed by atoms with van der Waals surface area (Å²) < 4.78 is 30.0. The molecule has 1 aliphatic heterocycles. The summed E-state index contributed by atoms with van der Waals surface area (Å²) in [5, 5.41) is 16.8. The Labute approximate surface area is 167 Å². The normalized spacial score (nSPS) is 18.5. The Bertz CT molecular complexity index is 717. The molecule has 8 nitrogen and oxygen atoms in total. The number of hydrogen-bond acceptors (Lipinski definition) is 6. The molecule has 2 rings (SSSR count). The maximum Gasteiger partial charge on any atom is 0.191 e. The number of ether oxygens (including phenoxy) is 1. The number of nitrogens with zero attached hydrogens (tertiary/aromatic N) is 2. The van der Waals surface area contributed by atoms with Crippen molar-refractivity contribution in [3.63, 3.8) is 0 Å². The minimum absolute atomic E-state index is 0.0361. The van der Waals surface area contributed by atoms with Crippen LogP contribution in [0.25, 0.3) is 0 Å². The van der Waals surface area contributed by atoms with Gasteiger partial charge in [-0.25, -0.2) is 8.42 Å². The molecule has 158 valence electrons. The number of rotatable bonds is 9. The van der Waals surface area contributed by atoms with Crippen molar-refractivity contribution in [2.75, 3.05) is 58.2 Å². The van der Waals surface area contributed by atoms with Gasteiger partial charge in [-0.2, -0.15) is 0 Å². The predicted octanol–water partition coefficient (Wildman–Crippen LogP) is 0.0986. The van der Waals surface area contributed by atoms with Crippen LogP contribution < -0.4 is 10.6 Å². The number of morpholine rings is 1.